The van der Waals surface area contributed by atoms with Crippen LogP contribution >= 0.6 is 0 Å². The van der Waals surface area contributed by atoms with Crippen LogP contribution in [0.1, 0.15) is 19.3 Å². The van der Waals surface area contributed by atoms with Gasteiger partial charge in [-0.15, -0.1) is 0 Å². The predicted molar refractivity (Wildman–Crippen MR) is 65.3 cm³/mol. The van der Waals surface area contributed by atoms with Crippen LogP contribution < -0.4 is 11.1 Å². The Balaban J connectivity index is 2.04. The molecule has 1 fully saturated rings. The first-order valence-corrected chi connectivity index (χ1v) is 5.78. The molecule has 2 amide bonds. The third kappa shape index (κ3) is 2.87. The second-order valence-electron chi connectivity index (χ2n) is 4.22. The smallest absolute Gasteiger partial charge is 0.321 e. The van der Waals surface area contributed by atoms with Gasteiger partial charge in [-0.05, 0) is 37.5 Å². The average Bonchev–Trinajstić information content (AvgIpc) is 2.35. The summed E-state index contributed by atoms with van der Waals surface area (Å²) in [6.07, 6.45) is 3.16. The highest BCUT2D eigenvalue weighted by Gasteiger charge is 2.17. The highest BCUT2D eigenvalue weighted by atomic mass is 19.1. The van der Waals surface area contributed by atoms with Gasteiger partial charge >= 0.3 is 6.03 Å². The van der Waals surface area contributed by atoms with Gasteiger partial charge in [-0.3, -0.25) is 0 Å². The molecule has 0 aliphatic carbocycles. The van der Waals surface area contributed by atoms with Crippen molar-refractivity contribution in [1.82, 2.24) is 4.90 Å². The number of nitrogens with one attached hydrogen (secondary N) is 1. The molecule has 1 aliphatic heterocycles. The average molecular weight is 237 g/mol. The number of amides is 2. The molecule has 0 bridgehead atoms. The van der Waals surface area contributed by atoms with Gasteiger partial charge < -0.3 is 16.0 Å². The maximum atomic E-state index is 13.4. The van der Waals surface area contributed by atoms with Crippen molar-refractivity contribution in [2.75, 3.05) is 24.1 Å². The van der Waals surface area contributed by atoms with E-state index in [2.05, 4.69) is 5.32 Å². The highest BCUT2D eigenvalue weighted by Crippen LogP contribution is 2.18. The summed E-state index contributed by atoms with van der Waals surface area (Å²) in [5, 5.41) is 2.55. The number of nitrogen functional groups attached to an aromatic ring is 1. The molecule has 5 heteroatoms. The number of rotatable bonds is 1. The molecular weight excluding hydrogens is 221 g/mol. The molecule has 1 aromatic rings. The zero-order valence-electron chi connectivity index (χ0n) is 9.58. The van der Waals surface area contributed by atoms with Crippen molar-refractivity contribution < 1.29 is 9.18 Å². The fourth-order valence-electron chi connectivity index (χ4n) is 1.93. The van der Waals surface area contributed by atoms with Crippen LogP contribution in [0.2, 0.25) is 0 Å². The first kappa shape index (κ1) is 11.7. The second kappa shape index (κ2) is 5.03. The normalized spacial score (nSPS) is 15.7. The lowest BCUT2D eigenvalue weighted by Gasteiger charge is -2.26. The topological polar surface area (TPSA) is 58.4 Å². The van der Waals surface area contributed by atoms with Crippen LogP contribution in [0.4, 0.5) is 20.6 Å². The van der Waals surface area contributed by atoms with E-state index in [-0.39, 0.29) is 11.7 Å². The Morgan fingerprint density at radius 2 is 2.00 bits per heavy atom. The van der Waals surface area contributed by atoms with Crippen LogP contribution in [0.5, 0.6) is 0 Å². The van der Waals surface area contributed by atoms with E-state index in [4.69, 9.17) is 5.73 Å². The number of carbonyl (C=O) groups is 1. The van der Waals surface area contributed by atoms with Crippen LogP contribution in [0.25, 0.3) is 0 Å². The first-order valence-electron chi connectivity index (χ1n) is 5.78. The fraction of sp³-hybridized carbons (Fsp3) is 0.417. The fourth-order valence-corrected chi connectivity index (χ4v) is 1.93. The molecule has 0 spiro atoms. The van der Waals surface area contributed by atoms with Crippen LogP contribution in [-0.4, -0.2) is 24.0 Å². The number of benzene rings is 1. The lowest BCUT2D eigenvalue weighted by atomic mass is 10.1. The van der Waals surface area contributed by atoms with Crippen LogP contribution in [0, 0.1) is 5.82 Å². The van der Waals surface area contributed by atoms with Gasteiger partial charge in [0.05, 0.1) is 5.69 Å². The lowest BCUT2D eigenvalue weighted by Crippen LogP contribution is -2.38. The number of hydrogen-bond donors (Lipinski definition) is 2. The zero-order chi connectivity index (χ0) is 12.3. The molecule has 0 aromatic heterocycles. The Kier molecular flexibility index (Phi) is 3.46. The van der Waals surface area contributed by atoms with E-state index in [0.29, 0.717) is 5.69 Å². The summed E-state index contributed by atoms with van der Waals surface area (Å²) in [5.41, 5.74) is 6.12. The molecule has 92 valence electrons. The number of nitrogens with two attached hydrogens (primary N) is 1. The highest BCUT2D eigenvalue weighted by molar-refractivity contribution is 5.90. The minimum absolute atomic E-state index is 0.139. The number of anilines is 2. The van der Waals surface area contributed by atoms with Crippen LogP contribution in [0.15, 0.2) is 18.2 Å². The Morgan fingerprint density at radius 1 is 1.29 bits per heavy atom. The van der Waals surface area contributed by atoms with Crippen LogP contribution in [-0.2, 0) is 0 Å². The molecule has 0 saturated carbocycles. The molecule has 1 heterocycles. The van der Waals surface area contributed by atoms with E-state index in [1.807, 2.05) is 0 Å². The Hall–Kier alpha value is -1.78. The number of halogens is 1. The second-order valence-corrected chi connectivity index (χ2v) is 4.22. The molecule has 0 atom stereocenters. The third-order valence-electron chi connectivity index (χ3n) is 2.88. The predicted octanol–water partition coefficient (Wildman–Crippen LogP) is 2.43. The van der Waals surface area contributed by atoms with Crippen molar-refractivity contribution in [3.8, 4) is 0 Å². The van der Waals surface area contributed by atoms with E-state index in [1.165, 1.54) is 18.2 Å². The van der Waals surface area contributed by atoms with Crippen molar-refractivity contribution in [2.24, 2.45) is 0 Å². The molecular formula is C12H16FN3O. The van der Waals surface area contributed by atoms with Crippen molar-refractivity contribution in [3.63, 3.8) is 0 Å². The summed E-state index contributed by atoms with van der Waals surface area (Å²) in [5.74, 6) is -0.468. The van der Waals surface area contributed by atoms with Crippen molar-refractivity contribution in [3.05, 3.63) is 24.0 Å². The number of piperidine rings is 1. The summed E-state index contributed by atoms with van der Waals surface area (Å²) in [4.78, 5) is 13.5. The van der Waals surface area contributed by atoms with Gasteiger partial charge in [0.1, 0.15) is 5.82 Å². The Bertz CT molecular complexity index is 416. The molecule has 3 N–H and O–H groups in total. The van der Waals surface area contributed by atoms with Gasteiger partial charge in [0, 0.05) is 18.8 Å². The molecule has 0 unspecified atom stereocenters. The molecule has 2 rings (SSSR count). The summed E-state index contributed by atoms with van der Waals surface area (Å²) in [6, 6.07) is 3.89. The number of carbonyl (C=O) groups excluding carboxylic acids is 1. The van der Waals surface area contributed by atoms with Gasteiger partial charge in [0.15, 0.2) is 0 Å². The number of urea groups is 1. The van der Waals surface area contributed by atoms with Gasteiger partial charge in [-0.2, -0.15) is 0 Å². The Labute approximate surface area is 99.6 Å². The monoisotopic (exact) mass is 237 g/mol. The van der Waals surface area contributed by atoms with Gasteiger partial charge in [0.25, 0.3) is 0 Å². The van der Waals surface area contributed by atoms with Crippen molar-refractivity contribution in [2.45, 2.75) is 19.3 Å². The third-order valence-corrected chi connectivity index (χ3v) is 2.88. The van der Waals surface area contributed by atoms with E-state index < -0.39 is 5.82 Å². The van der Waals surface area contributed by atoms with Crippen molar-refractivity contribution >= 4 is 17.4 Å². The van der Waals surface area contributed by atoms with E-state index in [0.717, 1.165) is 32.4 Å². The molecule has 0 radical (unpaired) electrons. The largest absolute Gasteiger partial charge is 0.399 e. The summed E-state index contributed by atoms with van der Waals surface area (Å²) < 4.78 is 13.4. The van der Waals surface area contributed by atoms with Crippen LogP contribution in [0.3, 0.4) is 0 Å². The van der Waals surface area contributed by atoms with E-state index in [9.17, 15) is 9.18 Å². The van der Waals surface area contributed by atoms with Gasteiger partial charge in [0.2, 0.25) is 0 Å². The summed E-state index contributed by atoms with van der Waals surface area (Å²) in [6.45, 7) is 1.46. The number of nitrogens with zero attached hydrogens (tertiary/aromatic N) is 1. The standard InChI is InChI=1S/C12H16FN3O/c13-10-5-4-9(14)8-11(10)15-12(17)16-6-2-1-3-7-16/h4-5,8H,1-3,6-7,14H2,(H,15,17). The van der Waals surface area contributed by atoms with E-state index >= 15 is 0 Å². The minimum atomic E-state index is -0.468. The molecule has 17 heavy (non-hydrogen) atoms. The quantitative estimate of drug-likeness (QED) is 0.737. The van der Waals surface area contributed by atoms with Gasteiger partial charge in [-0.25, -0.2) is 9.18 Å². The van der Waals surface area contributed by atoms with E-state index in [1.54, 1.807) is 4.90 Å². The Morgan fingerprint density at radius 3 is 2.71 bits per heavy atom. The molecule has 1 aromatic carbocycles. The lowest BCUT2D eigenvalue weighted by molar-refractivity contribution is 0.200. The molecule has 1 aliphatic rings. The minimum Gasteiger partial charge on any atom is -0.399 e. The maximum Gasteiger partial charge on any atom is 0.321 e. The number of hydrogen-bond acceptors (Lipinski definition) is 2. The molecule has 1 saturated heterocycles. The summed E-state index contributed by atoms with van der Waals surface area (Å²) in [7, 11) is 0. The number of likely N-dealkylation sites (tertiary alicyclic amines) is 1. The first-order chi connectivity index (χ1) is 8.16. The van der Waals surface area contributed by atoms with Crippen molar-refractivity contribution in [1.29, 1.82) is 0 Å². The maximum absolute atomic E-state index is 13.4. The van der Waals surface area contributed by atoms with Gasteiger partial charge in [-0.1, -0.05) is 0 Å². The SMILES string of the molecule is Nc1ccc(F)c(NC(=O)N2CCCCC2)c1. The zero-order valence-corrected chi connectivity index (χ0v) is 9.58. The molecule has 4 nitrogen and oxygen atoms in total. The summed E-state index contributed by atoms with van der Waals surface area (Å²) >= 11 is 0.